The van der Waals surface area contributed by atoms with Crippen LogP contribution in [0.1, 0.15) is 19.3 Å². The second-order valence-corrected chi connectivity index (χ2v) is 2.14. The minimum Gasteiger partial charge on any atom is -0.350 e. The van der Waals surface area contributed by atoms with Gasteiger partial charge in [0.25, 0.3) is 5.91 Å². The van der Waals surface area contributed by atoms with E-state index >= 15 is 0 Å². The molecule has 1 aliphatic rings. The number of carbonyl (C=O) groups is 2. The van der Waals surface area contributed by atoms with Crippen molar-refractivity contribution in [1.82, 2.24) is 5.32 Å². The lowest BCUT2D eigenvalue weighted by molar-refractivity contribution is -0.137. The Morgan fingerprint density at radius 3 is 2.78 bits per heavy atom. The van der Waals surface area contributed by atoms with Crippen molar-refractivity contribution in [2.75, 3.05) is 6.54 Å². The van der Waals surface area contributed by atoms with E-state index in [0.29, 0.717) is 13.0 Å². The van der Waals surface area contributed by atoms with Crippen LogP contribution in [-0.2, 0) is 9.59 Å². The van der Waals surface area contributed by atoms with Crippen LogP contribution in [0.3, 0.4) is 0 Å². The highest BCUT2D eigenvalue weighted by Gasteiger charge is 2.14. The van der Waals surface area contributed by atoms with Crippen LogP contribution in [0.2, 0.25) is 0 Å². The van der Waals surface area contributed by atoms with Crippen molar-refractivity contribution in [3.63, 3.8) is 0 Å². The molecule has 0 bridgehead atoms. The maximum absolute atomic E-state index is 10.6. The van der Waals surface area contributed by atoms with Gasteiger partial charge in [0.2, 0.25) is 5.78 Å². The van der Waals surface area contributed by atoms with Crippen LogP contribution in [0.15, 0.2) is 0 Å². The Labute approximate surface area is 53.4 Å². The number of Topliss-reactive ketones (excluding diaryl/α,β-unsaturated/α-hetero) is 1. The molecule has 1 N–H and O–H groups in total. The SMILES string of the molecule is O=C1CCCCNC1=O. The molecule has 0 atom stereocenters. The summed E-state index contributed by atoms with van der Waals surface area (Å²) in [5, 5.41) is 2.51. The summed E-state index contributed by atoms with van der Waals surface area (Å²) in [6, 6.07) is 0. The Kier molecular flexibility index (Phi) is 1.82. The van der Waals surface area contributed by atoms with E-state index in [1.165, 1.54) is 0 Å². The van der Waals surface area contributed by atoms with Gasteiger partial charge in [0.1, 0.15) is 0 Å². The summed E-state index contributed by atoms with van der Waals surface area (Å²) in [5.41, 5.74) is 0. The van der Waals surface area contributed by atoms with Gasteiger partial charge in [-0.05, 0) is 12.8 Å². The number of carbonyl (C=O) groups excluding carboxylic acids is 2. The molecule has 9 heavy (non-hydrogen) atoms. The van der Waals surface area contributed by atoms with Crippen LogP contribution in [0.4, 0.5) is 0 Å². The number of hydrogen-bond donors (Lipinski definition) is 1. The van der Waals surface area contributed by atoms with E-state index in [2.05, 4.69) is 5.32 Å². The van der Waals surface area contributed by atoms with Crippen LogP contribution in [0.25, 0.3) is 0 Å². The third-order valence-corrected chi connectivity index (χ3v) is 1.37. The quantitative estimate of drug-likeness (QED) is 0.460. The fraction of sp³-hybridized carbons (Fsp3) is 0.667. The lowest BCUT2D eigenvalue weighted by Crippen LogP contribution is -2.28. The Morgan fingerprint density at radius 2 is 2.00 bits per heavy atom. The summed E-state index contributed by atoms with van der Waals surface area (Å²) >= 11 is 0. The molecule has 3 heteroatoms. The summed E-state index contributed by atoms with van der Waals surface area (Å²) in [6.07, 6.45) is 2.20. The van der Waals surface area contributed by atoms with Gasteiger partial charge in [0, 0.05) is 13.0 Å². The molecule has 3 nitrogen and oxygen atoms in total. The van der Waals surface area contributed by atoms with Crippen LogP contribution in [-0.4, -0.2) is 18.2 Å². The van der Waals surface area contributed by atoms with E-state index in [4.69, 9.17) is 0 Å². The van der Waals surface area contributed by atoms with Crippen molar-refractivity contribution in [2.24, 2.45) is 0 Å². The third kappa shape index (κ3) is 1.52. The summed E-state index contributed by atoms with van der Waals surface area (Å²) in [7, 11) is 0. The predicted molar refractivity (Wildman–Crippen MR) is 31.9 cm³/mol. The highest BCUT2D eigenvalue weighted by molar-refractivity contribution is 6.36. The van der Waals surface area contributed by atoms with Crippen LogP contribution in [0, 0.1) is 0 Å². The largest absolute Gasteiger partial charge is 0.350 e. The molecular formula is C6H9NO2. The summed E-state index contributed by atoms with van der Waals surface area (Å²) < 4.78 is 0. The molecule has 0 unspecified atom stereocenters. The molecule has 1 aliphatic heterocycles. The lowest BCUT2D eigenvalue weighted by Gasteiger charge is -1.92. The number of rotatable bonds is 0. The first-order valence-corrected chi connectivity index (χ1v) is 3.12. The highest BCUT2D eigenvalue weighted by atomic mass is 16.2. The van der Waals surface area contributed by atoms with E-state index in [1.54, 1.807) is 0 Å². The molecule has 0 aromatic carbocycles. The summed E-state index contributed by atoms with van der Waals surface area (Å²) in [4.78, 5) is 21.2. The molecule has 1 saturated heterocycles. The minimum atomic E-state index is -0.410. The average Bonchev–Trinajstić information content (AvgIpc) is 1.99. The lowest BCUT2D eigenvalue weighted by atomic mass is 10.2. The van der Waals surface area contributed by atoms with E-state index in [9.17, 15) is 9.59 Å². The molecule has 0 aliphatic carbocycles. The van der Waals surface area contributed by atoms with Gasteiger partial charge in [-0.2, -0.15) is 0 Å². The van der Waals surface area contributed by atoms with Crippen molar-refractivity contribution in [3.8, 4) is 0 Å². The monoisotopic (exact) mass is 127 g/mol. The molecule has 1 amide bonds. The summed E-state index contributed by atoms with van der Waals surface area (Å²) in [5.74, 6) is -0.681. The van der Waals surface area contributed by atoms with Gasteiger partial charge < -0.3 is 5.32 Å². The van der Waals surface area contributed by atoms with E-state index in [-0.39, 0.29) is 5.78 Å². The first kappa shape index (κ1) is 6.26. The second kappa shape index (κ2) is 2.62. The molecule has 1 rings (SSSR count). The zero-order chi connectivity index (χ0) is 6.69. The van der Waals surface area contributed by atoms with E-state index in [0.717, 1.165) is 12.8 Å². The first-order chi connectivity index (χ1) is 4.30. The first-order valence-electron chi connectivity index (χ1n) is 3.12. The van der Waals surface area contributed by atoms with Gasteiger partial charge in [-0.1, -0.05) is 0 Å². The molecular weight excluding hydrogens is 118 g/mol. The van der Waals surface area contributed by atoms with Gasteiger partial charge in [-0.25, -0.2) is 0 Å². The van der Waals surface area contributed by atoms with Gasteiger partial charge in [0.05, 0.1) is 0 Å². The van der Waals surface area contributed by atoms with Crippen LogP contribution >= 0.6 is 0 Å². The molecule has 0 aromatic rings. The fourth-order valence-corrected chi connectivity index (χ4v) is 0.825. The fourth-order valence-electron chi connectivity index (χ4n) is 0.825. The minimum absolute atomic E-state index is 0.271. The van der Waals surface area contributed by atoms with Crippen molar-refractivity contribution in [3.05, 3.63) is 0 Å². The predicted octanol–water partition coefficient (Wildman–Crippen LogP) is -0.144. The molecule has 1 heterocycles. The highest BCUT2D eigenvalue weighted by Crippen LogP contribution is 1.99. The molecule has 0 saturated carbocycles. The van der Waals surface area contributed by atoms with Crippen molar-refractivity contribution >= 4 is 11.7 Å². The zero-order valence-electron chi connectivity index (χ0n) is 5.14. The zero-order valence-corrected chi connectivity index (χ0v) is 5.14. The van der Waals surface area contributed by atoms with Gasteiger partial charge in [-0.3, -0.25) is 9.59 Å². The maximum atomic E-state index is 10.6. The number of ketones is 1. The molecule has 0 spiro atoms. The van der Waals surface area contributed by atoms with Crippen molar-refractivity contribution in [2.45, 2.75) is 19.3 Å². The Hall–Kier alpha value is -0.860. The standard InChI is InChI=1S/C6H9NO2/c8-5-3-1-2-4-7-6(5)9/h1-4H2,(H,7,9). The maximum Gasteiger partial charge on any atom is 0.287 e. The Morgan fingerprint density at radius 1 is 1.22 bits per heavy atom. The van der Waals surface area contributed by atoms with Gasteiger partial charge >= 0.3 is 0 Å². The van der Waals surface area contributed by atoms with Crippen molar-refractivity contribution < 1.29 is 9.59 Å². The van der Waals surface area contributed by atoms with Crippen LogP contribution < -0.4 is 5.32 Å². The smallest absolute Gasteiger partial charge is 0.287 e. The van der Waals surface area contributed by atoms with Crippen molar-refractivity contribution in [1.29, 1.82) is 0 Å². The Bertz CT molecular complexity index is 126. The number of hydrogen-bond acceptors (Lipinski definition) is 2. The molecule has 1 fully saturated rings. The average molecular weight is 127 g/mol. The molecule has 50 valence electrons. The van der Waals surface area contributed by atoms with Gasteiger partial charge in [0.15, 0.2) is 0 Å². The Balaban J connectivity index is 2.51. The summed E-state index contributed by atoms with van der Waals surface area (Å²) in [6.45, 7) is 0.657. The topological polar surface area (TPSA) is 46.2 Å². The molecule has 0 aromatic heterocycles. The number of nitrogens with one attached hydrogen (secondary N) is 1. The van der Waals surface area contributed by atoms with Crippen LogP contribution in [0.5, 0.6) is 0 Å². The van der Waals surface area contributed by atoms with Gasteiger partial charge in [-0.15, -0.1) is 0 Å². The van der Waals surface area contributed by atoms with E-state index < -0.39 is 5.91 Å². The molecule has 0 radical (unpaired) electrons. The second-order valence-electron chi connectivity index (χ2n) is 2.14. The van der Waals surface area contributed by atoms with E-state index in [1.807, 2.05) is 0 Å². The number of amides is 1. The normalized spacial score (nSPS) is 20.9. The third-order valence-electron chi connectivity index (χ3n) is 1.37.